The van der Waals surface area contributed by atoms with Gasteiger partial charge in [0.15, 0.2) is 0 Å². The maximum Gasteiger partial charge on any atom is 0.229 e. The second kappa shape index (κ2) is 6.01. The van der Waals surface area contributed by atoms with Gasteiger partial charge in [-0.05, 0) is 5.56 Å². The van der Waals surface area contributed by atoms with Crippen LogP contribution in [0.2, 0.25) is 0 Å². The number of nitrogens with zero attached hydrogens (tertiary/aromatic N) is 3. The van der Waals surface area contributed by atoms with Crippen molar-refractivity contribution in [3.8, 4) is 0 Å². The average Bonchev–Trinajstić information content (AvgIpc) is 3.07. The molecule has 1 aromatic carbocycles. The molecule has 0 saturated carbocycles. The minimum atomic E-state index is -0.309. The van der Waals surface area contributed by atoms with Crippen molar-refractivity contribution in [3.63, 3.8) is 0 Å². The molecule has 0 bridgehead atoms. The number of likely N-dealkylation sites (tertiary alicyclic amines) is 1. The average molecular weight is 298 g/mol. The van der Waals surface area contributed by atoms with Crippen LogP contribution in [-0.2, 0) is 23.2 Å². The van der Waals surface area contributed by atoms with Gasteiger partial charge in [-0.3, -0.25) is 14.3 Å². The number of rotatable bonds is 4. The Labute approximate surface area is 128 Å². The predicted octanol–water partition coefficient (Wildman–Crippen LogP) is 1.41. The van der Waals surface area contributed by atoms with Gasteiger partial charge in [-0.15, -0.1) is 0 Å². The van der Waals surface area contributed by atoms with Gasteiger partial charge in [-0.2, -0.15) is 5.10 Å². The van der Waals surface area contributed by atoms with Crippen LogP contribution in [0.25, 0.3) is 0 Å². The zero-order valence-electron chi connectivity index (χ0n) is 12.4. The Hall–Kier alpha value is -2.63. The monoisotopic (exact) mass is 298 g/mol. The van der Waals surface area contributed by atoms with Crippen molar-refractivity contribution in [2.45, 2.75) is 13.0 Å². The van der Waals surface area contributed by atoms with Crippen LogP contribution in [0.3, 0.4) is 0 Å². The molecular weight excluding hydrogens is 280 g/mol. The molecule has 6 nitrogen and oxygen atoms in total. The summed E-state index contributed by atoms with van der Waals surface area (Å²) in [6.07, 6.45) is 3.59. The van der Waals surface area contributed by atoms with Crippen LogP contribution in [0.4, 0.5) is 5.69 Å². The molecule has 1 N–H and O–H groups in total. The normalized spacial score (nSPS) is 17.8. The smallest absolute Gasteiger partial charge is 0.229 e. The lowest BCUT2D eigenvalue weighted by Gasteiger charge is -2.16. The zero-order chi connectivity index (χ0) is 15.5. The van der Waals surface area contributed by atoms with Crippen LogP contribution in [0.15, 0.2) is 42.7 Å². The third kappa shape index (κ3) is 3.16. The van der Waals surface area contributed by atoms with Gasteiger partial charge in [0, 0.05) is 32.8 Å². The molecule has 22 heavy (non-hydrogen) atoms. The van der Waals surface area contributed by atoms with E-state index in [2.05, 4.69) is 10.4 Å². The SMILES string of the molecule is Cn1cc(NC(=O)[C@H]2CC(=O)N(Cc3ccccc3)C2)cn1. The molecule has 0 unspecified atom stereocenters. The Bertz CT molecular complexity index is 680. The molecule has 1 aliphatic rings. The van der Waals surface area contributed by atoms with Gasteiger partial charge < -0.3 is 10.2 Å². The van der Waals surface area contributed by atoms with Crippen LogP contribution in [0.1, 0.15) is 12.0 Å². The van der Waals surface area contributed by atoms with E-state index < -0.39 is 0 Å². The largest absolute Gasteiger partial charge is 0.338 e. The van der Waals surface area contributed by atoms with Crippen LogP contribution >= 0.6 is 0 Å². The Balaban J connectivity index is 1.60. The van der Waals surface area contributed by atoms with Gasteiger partial charge in [-0.25, -0.2) is 0 Å². The Morgan fingerprint density at radius 3 is 2.82 bits per heavy atom. The summed E-state index contributed by atoms with van der Waals surface area (Å²) in [5.41, 5.74) is 1.73. The lowest BCUT2D eigenvalue weighted by molar-refractivity contribution is -0.128. The number of amides is 2. The summed E-state index contributed by atoms with van der Waals surface area (Å²) in [7, 11) is 1.79. The van der Waals surface area contributed by atoms with Crippen molar-refractivity contribution in [1.82, 2.24) is 14.7 Å². The summed E-state index contributed by atoms with van der Waals surface area (Å²) in [6.45, 7) is 1.01. The van der Waals surface area contributed by atoms with Crippen LogP contribution in [-0.4, -0.2) is 33.0 Å². The van der Waals surface area contributed by atoms with Gasteiger partial charge in [-0.1, -0.05) is 30.3 Å². The predicted molar refractivity (Wildman–Crippen MR) is 81.8 cm³/mol. The maximum absolute atomic E-state index is 12.2. The number of carbonyl (C=O) groups excluding carboxylic acids is 2. The van der Waals surface area contributed by atoms with Crippen molar-refractivity contribution in [2.75, 3.05) is 11.9 Å². The minimum Gasteiger partial charge on any atom is -0.338 e. The lowest BCUT2D eigenvalue weighted by Crippen LogP contribution is -2.27. The number of aryl methyl sites for hydroxylation is 1. The third-order valence-electron chi connectivity index (χ3n) is 3.77. The van der Waals surface area contributed by atoms with E-state index in [9.17, 15) is 9.59 Å². The number of anilines is 1. The van der Waals surface area contributed by atoms with E-state index in [1.165, 1.54) is 0 Å². The van der Waals surface area contributed by atoms with E-state index >= 15 is 0 Å². The standard InChI is InChI=1S/C16H18N4O2/c1-19-11-14(8-17-19)18-16(22)13-7-15(21)20(10-13)9-12-5-3-2-4-6-12/h2-6,8,11,13H,7,9-10H2,1H3,(H,18,22)/t13-/m0/s1. The first kappa shape index (κ1) is 14.3. The molecule has 0 radical (unpaired) electrons. The molecule has 3 rings (SSSR count). The highest BCUT2D eigenvalue weighted by molar-refractivity contribution is 5.97. The number of hydrogen-bond donors (Lipinski definition) is 1. The molecule has 1 aliphatic heterocycles. The molecular formula is C16H18N4O2. The van der Waals surface area contributed by atoms with E-state index in [0.717, 1.165) is 5.56 Å². The first-order valence-electron chi connectivity index (χ1n) is 7.23. The molecule has 2 heterocycles. The second-order valence-electron chi connectivity index (χ2n) is 5.55. The first-order chi connectivity index (χ1) is 10.6. The number of benzene rings is 1. The molecule has 2 amide bonds. The Morgan fingerprint density at radius 2 is 2.14 bits per heavy atom. The van der Waals surface area contributed by atoms with Crippen LogP contribution < -0.4 is 5.32 Å². The summed E-state index contributed by atoms with van der Waals surface area (Å²) in [6, 6.07) is 9.80. The fourth-order valence-electron chi connectivity index (χ4n) is 2.63. The van der Waals surface area contributed by atoms with Gasteiger partial charge >= 0.3 is 0 Å². The van der Waals surface area contributed by atoms with E-state index in [4.69, 9.17) is 0 Å². The van der Waals surface area contributed by atoms with Crippen molar-refractivity contribution in [2.24, 2.45) is 13.0 Å². The minimum absolute atomic E-state index is 0.0233. The molecule has 1 atom stereocenters. The molecule has 2 aromatic rings. The highest BCUT2D eigenvalue weighted by Crippen LogP contribution is 2.21. The fourth-order valence-corrected chi connectivity index (χ4v) is 2.63. The number of hydrogen-bond acceptors (Lipinski definition) is 3. The summed E-state index contributed by atoms with van der Waals surface area (Å²) in [5, 5.41) is 6.82. The molecule has 6 heteroatoms. The number of aromatic nitrogens is 2. The highest BCUT2D eigenvalue weighted by Gasteiger charge is 2.34. The quantitative estimate of drug-likeness (QED) is 0.928. The fraction of sp³-hybridized carbons (Fsp3) is 0.312. The van der Waals surface area contributed by atoms with Crippen molar-refractivity contribution >= 4 is 17.5 Å². The van der Waals surface area contributed by atoms with E-state index in [1.54, 1.807) is 29.0 Å². The number of carbonyl (C=O) groups is 2. The van der Waals surface area contributed by atoms with Gasteiger partial charge in [0.05, 0.1) is 17.8 Å². The molecule has 1 saturated heterocycles. The van der Waals surface area contributed by atoms with E-state index in [0.29, 0.717) is 18.8 Å². The van der Waals surface area contributed by atoms with Gasteiger partial charge in [0.2, 0.25) is 11.8 Å². The van der Waals surface area contributed by atoms with Crippen LogP contribution in [0.5, 0.6) is 0 Å². The van der Waals surface area contributed by atoms with Gasteiger partial charge in [0.25, 0.3) is 0 Å². The lowest BCUT2D eigenvalue weighted by atomic mass is 10.1. The topological polar surface area (TPSA) is 67.2 Å². The second-order valence-corrected chi connectivity index (χ2v) is 5.55. The van der Waals surface area contributed by atoms with Gasteiger partial charge in [0.1, 0.15) is 0 Å². The maximum atomic E-state index is 12.2. The Morgan fingerprint density at radius 1 is 1.36 bits per heavy atom. The highest BCUT2D eigenvalue weighted by atomic mass is 16.2. The van der Waals surface area contributed by atoms with Crippen molar-refractivity contribution in [1.29, 1.82) is 0 Å². The van der Waals surface area contributed by atoms with E-state index in [1.807, 2.05) is 30.3 Å². The first-order valence-corrected chi connectivity index (χ1v) is 7.23. The summed E-state index contributed by atoms with van der Waals surface area (Å²) in [4.78, 5) is 26.1. The third-order valence-corrected chi connectivity index (χ3v) is 3.77. The van der Waals surface area contributed by atoms with Crippen molar-refractivity contribution in [3.05, 3.63) is 48.3 Å². The summed E-state index contributed by atoms with van der Waals surface area (Å²) in [5.74, 6) is -0.413. The summed E-state index contributed by atoms with van der Waals surface area (Å²) >= 11 is 0. The zero-order valence-corrected chi connectivity index (χ0v) is 12.4. The van der Waals surface area contributed by atoms with Crippen molar-refractivity contribution < 1.29 is 9.59 Å². The van der Waals surface area contributed by atoms with E-state index in [-0.39, 0.29) is 24.2 Å². The molecule has 114 valence electrons. The molecule has 0 aliphatic carbocycles. The Kier molecular flexibility index (Phi) is 3.91. The summed E-state index contributed by atoms with van der Waals surface area (Å²) < 4.78 is 1.62. The molecule has 1 fully saturated rings. The number of nitrogens with one attached hydrogen (secondary N) is 1. The molecule has 1 aromatic heterocycles. The van der Waals surface area contributed by atoms with Crippen LogP contribution in [0, 0.1) is 5.92 Å². The molecule has 0 spiro atoms.